The summed E-state index contributed by atoms with van der Waals surface area (Å²) in [6, 6.07) is 6.79. The van der Waals surface area contributed by atoms with Gasteiger partial charge in [0.1, 0.15) is 5.75 Å². The van der Waals surface area contributed by atoms with E-state index in [4.69, 9.17) is 15.9 Å². The first kappa shape index (κ1) is 9.03. The second-order valence-electron chi connectivity index (χ2n) is 2.71. The van der Waals surface area contributed by atoms with Crippen LogP contribution in [0.3, 0.4) is 0 Å². The van der Waals surface area contributed by atoms with Crippen LogP contribution in [0.4, 0.5) is 0 Å². The summed E-state index contributed by atoms with van der Waals surface area (Å²) in [5.74, 6) is 0.136. The molecule has 0 bridgehead atoms. The van der Waals surface area contributed by atoms with Crippen LogP contribution in [0, 0.1) is 0 Å². The Kier molecular flexibility index (Phi) is 3.08. The van der Waals surface area contributed by atoms with Gasteiger partial charge in [-0.1, -0.05) is 12.1 Å². The van der Waals surface area contributed by atoms with Gasteiger partial charge in [0.05, 0.1) is 6.61 Å². The zero-order valence-corrected chi connectivity index (χ0v) is 6.77. The fraction of sp³-hybridized carbons (Fsp3) is 0.333. The lowest BCUT2D eigenvalue weighted by atomic mass is 10.0. The zero-order valence-electron chi connectivity index (χ0n) is 6.77. The van der Waals surface area contributed by atoms with Crippen molar-refractivity contribution in [1.29, 1.82) is 0 Å². The van der Waals surface area contributed by atoms with E-state index in [0.29, 0.717) is 6.54 Å². The lowest BCUT2D eigenvalue weighted by Gasteiger charge is -2.11. The molecule has 3 nitrogen and oxygen atoms in total. The number of hydrogen-bond acceptors (Lipinski definition) is 3. The topological polar surface area (TPSA) is 66.5 Å². The number of aliphatic hydroxyl groups excluding tert-OH is 1. The highest BCUT2D eigenvalue weighted by Gasteiger charge is 2.07. The van der Waals surface area contributed by atoms with Gasteiger partial charge in [-0.25, -0.2) is 0 Å². The summed E-state index contributed by atoms with van der Waals surface area (Å²) in [6.07, 6.45) is 0. The van der Waals surface area contributed by atoms with E-state index in [9.17, 15) is 0 Å². The van der Waals surface area contributed by atoms with Gasteiger partial charge < -0.3 is 15.9 Å². The number of aromatic hydroxyl groups is 1. The highest BCUT2D eigenvalue weighted by Crippen LogP contribution is 2.18. The number of hydrogen-bond donors (Lipinski definition) is 3. The summed E-state index contributed by atoms with van der Waals surface area (Å²) in [4.78, 5) is 0. The Morgan fingerprint density at radius 1 is 1.42 bits per heavy atom. The molecule has 0 spiro atoms. The van der Waals surface area contributed by atoms with Crippen molar-refractivity contribution in [3.05, 3.63) is 29.8 Å². The lowest BCUT2D eigenvalue weighted by molar-refractivity contribution is 0.267. The molecule has 4 N–H and O–H groups in total. The summed E-state index contributed by atoms with van der Waals surface area (Å²) < 4.78 is 0. The normalized spacial score (nSPS) is 12.8. The first-order valence-electron chi connectivity index (χ1n) is 3.87. The summed E-state index contributed by atoms with van der Waals surface area (Å²) in [5, 5.41) is 18.0. The summed E-state index contributed by atoms with van der Waals surface area (Å²) >= 11 is 0. The van der Waals surface area contributed by atoms with Gasteiger partial charge in [0.2, 0.25) is 0 Å². The second-order valence-corrected chi connectivity index (χ2v) is 2.71. The Hall–Kier alpha value is -1.06. The van der Waals surface area contributed by atoms with Crippen molar-refractivity contribution in [3.63, 3.8) is 0 Å². The van der Waals surface area contributed by atoms with Crippen LogP contribution in [0.25, 0.3) is 0 Å². The van der Waals surface area contributed by atoms with Gasteiger partial charge in [-0.15, -0.1) is 0 Å². The molecule has 0 unspecified atom stereocenters. The molecule has 0 aliphatic carbocycles. The third-order valence-electron chi connectivity index (χ3n) is 1.85. The molecule has 1 atom stereocenters. The van der Waals surface area contributed by atoms with Gasteiger partial charge in [0.15, 0.2) is 0 Å². The average molecular weight is 167 g/mol. The fourth-order valence-electron chi connectivity index (χ4n) is 1.09. The van der Waals surface area contributed by atoms with Gasteiger partial charge in [0.25, 0.3) is 0 Å². The number of rotatable bonds is 3. The second kappa shape index (κ2) is 4.09. The summed E-state index contributed by atoms with van der Waals surface area (Å²) in [7, 11) is 0. The molecule has 0 fully saturated rings. The van der Waals surface area contributed by atoms with Crippen LogP contribution in [0.2, 0.25) is 0 Å². The van der Waals surface area contributed by atoms with Crippen LogP contribution < -0.4 is 5.73 Å². The number of phenols is 1. The maximum absolute atomic E-state index is 9.13. The molecular formula is C9H13NO2. The highest BCUT2D eigenvalue weighted by atomic mass is 16.3. The standard InChI is InChI=1S/C9H13NO2/c10-5-8(6-11)7-2-1-3-9(12)4-7/h1-4,8,11-12H,5-6,10H2/t8-/m1/s1. The van der Waals surface area contributed by atoms with Crippen molar-refractivity contribution < 1.29 is 10.2 Å². The minimum atomic E-state index is -0.0721. The van der Waals surface area contributed by atoms with E-state index in [0.717, 1.165) is 5.56 Å². The Morgan fingerprint density at radius 3 is 2.67 bits per heavy atom. The van der Waals surface area contributed by atoms with Crippen LogP contribution in [0.1, 0.15) is 11.5 Å². The quantitative estimate of drug-likeness (QED) is 0.611. The van der Waals surface area contributed by atoms with E-state index in [1.54, 1.807) is 18.2 Å². The fourth-order valence-corrected chi connectivity index (χ4v) is 1.09. The van der Waals surface area contributed by atoms with Crippen molar-refractivity contribution in [2.75, 3.05) is 13.2 Å². The smallest absolute Gasteiger partial charge is 0.115 e. The molecule has 0 aliphatic rings. The van der Waals surface area contributed by atoms with Crippen molar-refractivity contribution in [3.8, 4) is 5.75 Å². The van der Waals surface area contributed by atoms with Gasteiger partial charge in [0, 0.05) is 12.5 Å². The Labute approximate surface area is 71.5 Å². The third kappa shape index (κ3) is 1.96. The molecule has 0 heterocycles. The average Bonchev–Trinajstić information content (AvgIpc) is 2.07. The Bertz CT molecular complexity index is 246. The molecular weight excluding hydrogens is 154 g/mol. The van der Waals surface area contributed by atoms with Crippen LogP contribution in [-0.4, -0.2) is 23.4 Å². The maximum Gasteiger partial charge on any atom is 0.115 e. The lowest BCUT2D eigenvalue weighted by Crippen LogP contribution is -2.15. The van der Waals surface area contributed by atoms with E-state index in [1.807, 2.05) is 6.07 Å². The summed E-state index contributed by atoms with van der Waals surface area (Å²) in [6.45, 7) is 0.403. The first-order chi connectivity index (χ1) is 5.77. The maximum atomic E-state index is 9.13. The molecule has 1 aromatic carbocycles. The predicted molar refractivity (Wildman–Crippen MR) is 47.0 cm³/mol. The van der Waals surface area contributed by atoms with Crippen LogP contribution in [0.5, 0.6) is 5.75 Å². The molecule has 0 saturated heterocycles. The van der Waals surface area contributed by atoms with E-state index in [2.05, 4.69) is 0 Å². The van der Waals surface area contributed by atoms with Crippen molar-refractivity contribution in [2.45, 2.75) is 5.92 Å². The summed E-state index contributed by atoms with van der Waals surface area (Å²) in [5.41, 5.74) is 6.30. The molecule has 0 amide bonds. The number of benzene rings is 1. The van der Waals surface area contributed by atoms with Crippen molar-refractivity contribution >= 4 is 0 Å². The molecule has 1 aromatic rings. The number of aliphatic hydroxyl groups is 1. The van der Waals surface area contributed by atoms with Gasteiger partial charge >= 0.3 is 0 Å². The number of phenolic OH excluding ortho intramolecular Hbond substituents is 1. The van der Waals surface area contributed by atoms with Gasteiger partial charge in [-0.3, -0.25) is 0 Å². The van der Waals surface area contributed by atoms with E-state index in [-0.39, 0.29) is 18.3 Å². The van der Waals surface area contributed by atoms with Crippen LogP contribution >= 0.6 is 0 Å². The molecule has 0 radical (unpaired) electrons. The van der Waals surface area contributed by atoms with E-state index >= 15 is 0 Å². The zero-order chi connectivity index (χ0) is 8.97. The van der Waals surface area contributed by atoms with Crippen molar-refractivity contribution in [1.82, 2.24) is 0 Å². The number of nitrogens with two attached hydrogens (primary N) is 1. The molecule has 3 heteroatoms. The van der Waals surface area contributed by atoms with E-state index in [1.165, 1.54) is 0 Å². The minimum absolute atomic E-state index is 0.0138. The molecule has 12 heavy (non-hydrogen) atoms. The predicted octanol–water partition coefficient (Wildman–Crippen LogP) is 0.427. The van der Waals surface area contributed by atoms with Crippen LogP contribution in [-0.2, 0) is 0 Å². The molecule has 66 valence electrons. The van der Waals surface area contributed by atoms with Crippen LogP contribution in [0.15, 0.2) is 24.3 Å². The monoisotopic (exact) mass is 167 g/mol. The SMILES string of the molecule is NC[C@H](CO)c1cccc(O)c1. The molecule has 0 aliphatic heterocycles. The third-order valence-corrected chi connectivity index (χ3v) is 1.85. The van der Waals surface area contributed by atoms with Gasteiger partial charge in [-0.2, -0.15) is 0 Å². The molecule has 1 rings (SSSR count). The Morgan fingerprint density at radius 2 is 2.17 bits per heavy atom. The highest BCUT2D eigenvalue weighted by molar-refractivity contribution is 5.29. The Balaban J connectivity index is 2.85. The molecule has 0 aromatic heterocycles. The van der Waals surface area contributed by atoms with Crippen molar-refractivity contribution in [2.24, 2.45) is 5.73 Å². The minimum Gasteiger partial charge on any atom is -0.508 e. The first-order valence-corrected chi connectivity index (χ1v) is 3.87. The van der Waals surface area contributed by atoms with Gasteiger partial charge in [-0.05, 0) is 17.7 Å². The largest absolute Gasteiger partial charge is 0.508 e. The molecule has 0 saturated carbocycles. The van der Waals surface area contributed by atoms with E-state index < -0.39 is 0 Å².